The second kappa shape index (κ2) is 10.3. The highest BCUT2D eigenvalue weighted by atomic mass is 32.2. The highest BCUT2D eigenvalue weighted by molar-refractivity contribution is 8.00. The molecule has 0 aliphatic rings. The molecule has 1 unspecified atom stereocenters. The van der Waals surface area contributed by atoms with Crippen LogP contribution in [0, 0.1) is 0 Å². The zero-order chi connectivity index (χ0) is 11.5. The van der Waals surface area contributed by atoms with Crippen LogP contribution >= 0.6 is 11.8 Å². The number of amides is 1. The van der Waals surface area contributed by atoms with Crippen molar-refractivity contribution >= 4 is 17.7 Å². The Morgan fingerprint density at radius 3 is 2.73 bits per heavy atom. The lowest BCUT2D eigenvalue weighted by Crippen LogP contribution is -2.31. The summed E-state index contributed by atoms with van der Waals surface area (Å²) in [6, 6.07) is 0. The first-order valence-electron chi connectivity index (χ1n) is 5.81. The molecule has 15 heavy (non-hydrogen) atoms. The fraction of sp³-hybridized carbons (Fsp3) is 0.909. The third kappa shape index (κ3) is 8.75. The van der Waals surface area contributed by atoms with E-state index in [2.05, 4.69) is 12.2 Å². The van der Waals surface area contributed by atoms with Crippen molar-refractivity contribution < 1.29 is 4.79 Å². The van der Waals surface area contributed by atoms with Crippen molar-refractivity contribution in [2.45, 2.75) is 44.8 Å². The van der Waals surface area contributed by atoms with Gasteiger partial charge in [0.1, 0.15) is 0 Å². The van der Waals surface area contributed by atoms with Crippen LogP contribution in [-0.2, 0) is 4.79 Å². The molecule has 0 fully saturated rings. The van der Waals surface area contributed by atoms with E-state index < -0.39 is 0 Å². The zero-order valence-corrected chi connectivity index (χ0v) is 10.7. The van der Waals surface area contributed by atoms with Gasteiger partial charge in [-0.25, -0.2) is 0 Å². The molecule has 0 bridgehead atoms. The van der Waals surface area contributed by atoms with E-state index in [-0.39, 0.29) is 11.2 Å². The minimum absolute atomic E-state index is 0.0539. The number of carbonyl (C=O) groups excluding carboxylic acids is 1. The fourth-order valence-electron chi connectivity index (χ4n) is 1.15. The van der Waals surface area contributed by atoms with Crippen molar-refractivity contribution in [2.75, 3.05) is 18.8 Å². The lowest BCUT2D eigenvalue weighted by Gasteiger charge is -2.11. The molecule has 0 saturated heterocycles. The Labute approximate surface area is 97.6 Å². The molecule has 0 spiro atoms. The smallest absolute Gasteiger partial charge is 0.232 e. The van der Waals surface area contributed by atoms with Crippen LogP contribution in [0.3, 0.4) is 0 Å². The highest BCUT2D eigenvalue weighted by Crippen LogP contribution is 2.11. The van der Waals surface area contributed by atoms with E-state index in [0.29, 0.717) is 6.54 Å². The molecule has 4 heteroatoms. The molecule has 0 rings (SSSR count). The van der Waals surface area contributed by atoms with Gasteiger partial charge in [0.15, 0.2) is 0 Å². The van der Waals surface area contributed by atoms with E-state index in [1.807, 2.05) is 6.92 Å². The number of nitrogens with one attached hydrogen (secondary N) is 1. The van der Waals surface area contributed by atoms with Crippen molar-refractivity contribution in [3.8, 4) is 0 Å². The molecule has 0 heterocycles. The molecule has 0 aromatic heterocycles. The van der Waals surface area contributed by atoms with Crippen LogP contribution in [0.15, 0.2) is 0 Å². The average molecular weight is 232 g/mol. The molecule has 0 aromatic rings. The fourth-order valence-corrected chi connectivity index (χ4v) is 2.07. The maximum Gasteiger partial charge on any atom is 0.232 e. The summed E-state index contributed by atoms with van der Waals surface area (Å²) in [6.45, 7) is 5.63. The Morgan fingerprint density at radius 1 is 1.40 bits per heavy atom. The zero-order valence-electron chi connectivity index (χ0n) is 9.92. The second-order valence-corrected chi connectivity index (χ2v) is 5.10. The van der Waals surface area contributed by atoms with E-state index in [0.717, 1.165) is 25.1 Å². The Kier molecular flexibility index (Phi) is 10.2. The SMILES string of the molecule is CCCCCNC(=O)C(C)SCCCN. The van der Waals surface area contributed by atoms with Crippen molar-refractivity contribution in [1.82, 2.24) is 5.32 Å². The van der Waals surface area contributed by atoms with Crippen LogP contribution in [0.25, 0.3) is 0 Å². The molecule has 3 nitrogen and oxygen atoms in total. The number of hydrogen-bond acceptors (Lipinski definition) is 3. The Balaban J connectivity index is 3.42. The normalized spacial score (nSPS) is 12.5. The Hall–Kier alpha value is -0.220. The molecule has 90 valence electrons. The lowest BCUT2D eigenvalue weighted by molar-refractivity contribution is -0.120. The number of nitrogens with two attached hydrogens (primary N) is 1. The second-order valence-electron chi connectivity index (χ2n) is 3.65. The van der Waals surface area contributed by atoms with E-state index >= 15 is 0 Å². The third-order valence-corrected chi connectivity index (χ3v) is 3.40. The summed E-state index contributed by atoms with van der Waals surface area (Å²) < 4.78 is 0. The van der Waals surface area contributed by atoms with Gasteiger partial charge in [0, 0.05) is 6.54 Å². The number of unbranched alkanes of at least 4 members (excludes halogenated alkanes) is 2. The average Bonchev–Trinajstić information content (AvgIpc) is 2.24. The summed E-state index contributed by atoms with van der Waals surface area (Å²) in [5, 5.41) is 3.01. The van der Waals surface area contributed by atoms with Crippen LogP contribution in [0.2, 0.25) is 0 Å². The van der Waals surface area contributed by atoms with E-state index in [4.69, 9.17) is 5.73 Å². The van der Waals surface area contributed by atoms with Crippen LogP contribution in [0.1, 0.15) is 39.5 Å². The first-order valence-corrected chi connectivity index (χ1v) is 6.86. The van der Waals surface area contributed by atoms with Crippen molar-refractivity contribution in [3.05, 3.63) is 0 Å². The molecule has 0 radical (unpaired) electrons. The molecule has 0 aliphatic carbocycles. The van der Waals surface area contributed by atoms with E-state index in [9.17, 15) is 4.79 Å². The van der Waals surface area contributed by atoms with Crippen LogP contribution in [-0.4, -0.2) is 30.0 Å². The summed E-state index contributed by atoms with van der Waals surface area (Å²) in [5.74, 6) is 1.13. The minimum atomic E-state index is 0.0539. The van der Waals surface area contributed by atoms with Crippen LogP contribution in [0.4, 0.5) is 0 Å². The first-order chi connectivity index (χ1) is 7.22. The van der Waals surface area contributed by atoms with Gasteiger partial charge in [-0.15, -0.1) is 11.8 Å². The summed E-state index contributed by atoms with van der Waals surface area (Å²) in [5.41, 5.74) is 5.39. The number of carbonyl (C=O) groups is 1. The molecule has 1 atom stereocenters. The van der Waals surface area contributed by atoms with Gasteiger partial charge in [-0.1, -0.05) is 19.8 Å². The topological polar surface area (TPSA) is 55.1 Å². The predicted octanol–water partition coefficient (Wildman–Crippen LogP) is 1.76. The first kappa shape index (κ1) is 14.8. The lowest BCUT2D eigenvalue weighted by atomic mass is 10.2. The largest absolute Gasteiger partial charge is 0.355 e. The minimum Gasteiger partial charge on any atom is -0.355 e. The molecule has 1 amide bonds. The Bertz CT molecular complexity index is 165. The van der Waals surface area contributed by atoms with Crippen LogP contribution < -0.4 is 11.1 Å². The van der Waals surface area contributed by atoms with Gasteiger partial charge in [0.25, 0.3) is 0 Å². The number of thioether (sulfide) groups is 1. The molecule has 0 saturated carbocycles. The van der Waals surface area contributed by atoms with Gasteiger partial charge in [0.05, 0.1) is 5.25 Å². The summed E-state index contributed by atoms with van der Waals surface area (Å²) in [4.78, 5) is 11.5. The van der Waals surface area contributed by atoms with Crippen molar-refractivity contribution in [3.63, 3.8) is 0 Å². The molecule has 0 aliphatic heterocycles. The highest BCUT2D eigenvalue weighted by Gasteiger charge is 2.11. The Morgan fingerprint density at radius 2 is 2.13 bits per heavy atom. The number of rotatable bonds is 9. The quantitative estimate of drug-likeness (QED) is 0.596. The summed E-state index contributed by atoms with van der Waals surface area (Å²) in [7, 11) is 0. The standard InChI is InChI=1S/C11H24N2OS/c1-3-4-5-8-13-11(14)10(2)15-9-6-7-12/h10H,3-9,12H2,1-2H3,(H,13,14). The van der Waals surface area contributed by atoms with Gasteiger partial charge < -0.3 is 11.1 Å². The maximum atomic E-state index is 11.5. The third-order valence-electron chi connectivity index (χ3n) is 2.17. The van der Waals surface area contributed by atoms with E-state index in [1.54, 1.807) is 11.8 Å². The van der Waals surface area contributed by atoms with Crippen LogP contribution in [0.5, 0.6) is 0 Å². The number of hydrogen-bond donors (Lipinski definition) is 2. The summed E-state index contributed by atoms with van der Waals surface area (Å²) >= 11 is 1.68. The van der Waals surface area contributed by atoms with Gasteiger partial charge in [-0.2, -0.15) is 0 Å². The van der Waals surface area contributed by atoms with Gasteiger partial charge in [-0.05, 0) is 32.1 Å². The van der Waals surface area contributed by atoms with Gasteiger partial charge in [-0.3, -0.25) is 4.79 Å². The van der Waals surface area contributed by atoms with Crippen molar-refractivity contribution in [1.29, 1.82) is 0 Å². The van der Waals surface area contributed by atoms with Crippen molar-refractivity contribution in [2.24, 2.45) is 5.73 Å². The molecular weight excluding hydrogens is 208 g/mol. The molecule has 3 N–H and O–H groups in total. The predicted molar refractivity (Wildman–Crippen MR) is 68.1 cm³/mol. The monoisotopic (exact) mass is 232 g/mol. The van der Waals surface area contributed by atoms with Gasteiger partial charge in [0.2, 0.25) is 5.91 Å². The molecule has 0 aromatic carbocycles. The maximum absolute atomic E-state index is 11.5. The van der Waals surface area contributed by atoms with Gasteiger partial charge >= 0.3 is 0 Å². The summed E-state index contributed by atoms with van der Waals surface area (Å²) in [6.07, 6.45) is 4.45. The molecular formula is C11H24N2OS. The van der Waals surface area contributed by atoms with E-state index in [1.165, 1.54) is 12.8 Å².